The lowest BCUT2D eigenvalue weighted by atomic mass is 10.1. The third-order valence-corrected chi connectivity index (χ3v) is 3.61. The van der Waals surface area contributed by atoms with Crippen molar-refractivity contribution in [3.05, 3.63) is 33.1 Å². The third-order valence-electron chi connectivity index (χ3n) is 2.72. The molecule has 1 unspecified atom stereocenters. The molecule has 1 aromatic carbocycles. The van der Waals surface area contributed by atoms with Crippen LogP contribution in [0.4, 0.5) is 4.39 Å². The molecule has 0 radical (unpaired) electrons. The van der Waals surface area contributed by atoms with Crippen LogP contribution in [0.3, 0.4) is 0 Å². The Morgan fingerprint density at radius 1 is 1.53 bits per heavy atom. The summed E-state index contributed by atoms with van der Waals surface area (Å²) in [6.07, 6.45) is 2.86. The highest BCUT2D eigenvalue weighted by atomic mass is 127. The minimum Gasteiger partial charge on any atom is -0.348 e. The zero-order valence-electron chi connectivity index (χ0n) is 10.8. The van der Waals surface area contributed by atoms with Crippen LogP contribution in [0.5, 0.6) is 0 Å². The van der Waals surface area contributed by atoms with Gasteiger partial charge in [0.2, 0.25) is 0 Å². The molecule has 0 spiro atoms. The van der Waals surface area contributed by atoms with Gasteiger partial charge in [-0.3, -0.25) is 4.79 Å². The van der Waals surface area contributed by atoms with Gasteiger partial charge in [-0.1, -0.05) is 25.8 Å². The van der Waals surface area contributed by atoms with E-state index in [2.05, 4.69) is 12.2 Å². The average Bonchev–Trinajstić information content (AvgIpc) is 2.34. The number of carbonyl (C=O) groups excluding carboxylic acids is 1. The largest absolute Gasteiger partial charge is 0.348 e. The molecule has 19 heavy (non-hydrogen) atoms. The summed E-state index contributed by atoms with van der Waals surface area (Å²) in [5, 5.41) is 2.79. The van der Waals surface area contributed by atoms with Crippen molar-refractivity contribution in [2.45, 2.75) is 32.2 Å². The van der Waals surface area contributed by atoms with Crippen LogP contribution in [-0.4, -0.2) is 18.5 Å². The van der Waals surface area contributed by atoms with Gasteiger partial charge < -0.3 is 11.1 Å². The van der Waals surface area contributed by atoms with Crippen molar-refractivity contribution in [3.63, 3.8) is 0 Å². The molecule has 0 aliphatic carbocycles. The number of rotatable bonds is 6. The Kier molecular flexibility index (Phi) is 9.30. The molecule has 108 valence electrons. The van der Waals surface area contributed by atoms with Crippen LogP contribution in [0.1, 0.15) is 36.5 Å². The molecule has 1 aromatic rings. The molecule has 1 atom stereocenters. The molecule has 0 bridgehead atoms. The standard InChI is InChI=1S/C13H18FIN2O.ClH/c1-2-3-5-9(8-16)17-13(18)12-10(14)6-4-7-11(12)15;/h4,6-7,9H,2-3,5,8,16H2,1H3,(H,17,18);1H. The second-order valence-electron chi connectivity index (χ2n) is 4.14. The number of hydrogen-bond donors (Lipinski definition) is 2. The molecular weight excluding hydrogens is 382 g/mol. The van der Waals surface area contributed by atoms with Gasteiger partial charge >= 0.3 is 0 Å². The summed E-state index contributed by atoms with van der Waals surface area (Å²) in [6.45, 7) is 2.45. The van der Waals surface area contributed by atoms with Crippen LogP contribution in [0.25, 0.3) is 0 Å². The SMILES string of the molecule is CCCCC(CN)NC(=O)c1c(F)cccc1I.Cl. The van der Waals surface area contributed by atoms with Crippen molar-refractivity contribution in [2.75, 3.05) is 6.54 Å². The summed E-state index contributed by atoms with van der Waals surface area (Å²) in [7, 11) is 0. The fourth-order valence-corrected chi connectivity index (χ4v) is 2.38. The van der Waals surface area contributed by atoms with Gasteiger partial charge in [-0.25, -0.2) is 4.39 Å². The zero-order chi connectivity index (χ0) is 13.5. The zero-order valence-corrected chi connectivity index (χ0v) is 13.8. The predicted octanol–water partition coefficient (Wildman–Crippen LogP) is 3.10. The third kappa shape index (κ3) is 5.62. The van der Waals surface area contributed by atoms with Crippen LogP contribution in [0, 0.1) is 9.39 Å². The molecule has 1 rings (SSSR count). The van der Waals surface area contributed by atoms with Crippen molar-refractivity contribution in [1.29, 1.82) is 0 Å². The molecule has 0 aliphatic rings. The molecule has 0 aliphatic heterocycles. The first-order chi connectivity index (χ1) is 8.60. The maximum absolute atomic E-state index is 13.6. The summed E-state index contributed by atoms with van der Waals surface area (Å²) in [6, 6.07) is 4.50. The smallest absolute Gasteiger partial charge is 0.255 e. The highest BCUT2D eigenvalue weighted by Crippen LogP contribution is 2.16. The van der Waals surface area contributed by atoms with E-state index in [9.17, 15) is 9.18 Å². The van der Waals surface area contributed by atoms with E-state index in [1.807, 2.05) is 22.6 Å². The summed E-state index contributed by atoms with van der Waals surface area (Å²) in [5.74, 6) is -0.880. The van der Waals surface area contributed by atoms with E-state index in [0.717, 1.165) is 19.3 Å². The van der Waals surface area contributed by atoms with Crippen molar-refractivity contribution < 1.29 is 9.18 Å². The van der Waals surface area contributed by atoms with E-state index < -0.39 is 5.82 Å². The Bertz CT molecular complexity index is 397. The van der Waals surface area contributed by atoms with Gasteiger partial charge in [0.15, 0.2) is 0 Å². The molecule has 0 heterocycles. The summed E-state index contributed by atoms with van der Waals surface area (Å²) >= 11 is 1.96. The van der Waals surface area contributed by atoms with Crippen LogP contribution in [0.2, 0.25) is 0 Å². The van der Waals surface area contributed by atoms with Gasteiger partial charge in [0, 0.05) is 16.2 Å². The number of unbranched alkanes of at least 4 members (excludes halogenated alkanes) is 1. The van der Waals surface area contributed by atoms with Crippen molar-refractivity contribution in [1.82, 2.24) is 5.32 Å². The molecule has 0 aromatic heterocycles. The lowest BCUT2D eigenvalue weighted by Gasteiger charge is -2.17. The Morgan fingerprint density at radius 3 is 2.74 bits per heavy atom. The molecular formula is C13H19ClFIN2O. The predicted molar refractivity (Wildman–Crippen MR) is 86.2 cm³/mol. The molecule has 0 saturated heterocycles. The monoisotopic (exact) mass is 400 g/mol. The van der Waals surface area contributed by atoms with Gasteiger partial charge in [0.05, 0.1) is 5.56 Å². The maximum Gasteiger partial charge on any atom is 0.255 e. The van der Waals surface area contributed by atoms with Gasteiger partial charge in [-0.2, -0.15) is 0 Å². The Morgan fingerprint density at radius 2 is 2.21 bits per heavy atom. The van der Waals surface area contributed by atoms with Crippen LogP contribution < -0.4 is 11.1 Å². The molecule has 3 N–H and O–H groups in total. The quantitative estimate of drug-likeness (QED) is 0.721. The number of nitrogens with two attached hydrogens (primary N) is 1. The minimum atomic E-state index is -0.495. The van der Waals surface area contributed by atoms with E-state index in [4.69, 9.17) is 5.73 Å². The second kappa shape index (κ2) is 9.50. The van der Waals surface area contributed by atoms with E-state index in [1.54, 1.807) is 12.1 Å². The van der Waals surface area contributed by atoms with Gasteiger partial charge in [0.25, 0.3) is 5.91 Å². The molecule has 0 saturated carbocycles. The molecule has 6 heteroatoms. The normalized spacial score (nSPS) is 11.6. The summed E-state index contributed by atoms with van der Waals surface area (Å²) in [4.78, 5) is 12.0. The van der Waals surface area contributed by atoms with Gasteiger partial charge in [-0.05, 0) is 41.1 Å². The van der Waals surface area contributed by atoms with E-state index in [-0.39, 0.29) is 29.9 Å². The second-order valence-corrected chi connectivity index (χ2v) is 5.31. The van der Waals surface area contributed by atoms with E-state index >= 15 is 0 Å². The summed E-state index contributed by atoms with van der Waals surface area (Å²) in [5.41, 5.74) is 5.71. The average molecular weight is 401 g/mol. The number of carbonyl (C=O) groups is 1. The first-order valence-electron chi connectivity index (χ1n) is 6.05. The van der Waals surface area contributed by atoms with Crippen LogP contribution >= 0.6 is 35.0 Å². The van der Waals surface area contributed by atoms with Crippen LogP contribution in [-0.2, 0) is 0 Å². The van der Waals surface area contributed by atoms with Crippen molar-refractivity contribution >= 4 is 40.9 Å². The fourth-order valence-electron chi connectivity index (χ4n) is 1.67. The molecule has 3 nitrogen and oxygen atoms in total. The number of hydrogen-bond acceptors (Lipinski definition) is 2. The number of halogens is 3. The molecule has 0 fully saturated rings. The highest BCUT2D eigenvalue weighted by Gasteiger charge is 2.18. The number of amides is 1. The van der Waals surface area contributed by atoms with Crippen LogP contribution in [0.15, 0.2) is 18.2 Å². The minimum absolute atomic E-state index is 0. The molecule has 1 amide bonds. The Hall–Kier alpha value is -0.400. The maximum atomic E-state index is 13.6. The highest BCUT2D eigenvalue weighted by molar-refractivity contribution is 14.1. The first kappa shape index (κ1) is 18.6. The van der Waals surface area contributed by atoms with Gasteiger partial charge in [0.1, 0.15) is 5.82 Å². The fraction of sp³-hybridized carbons (Fsp3) is 0.462. The van der Waals surface area contributed by atoms with Crippen molar-refractivity contribution in [2.24, 2.45) is 5.73 Å². The summed E-state index contributed by atoms with van der Waals surface area (Å²) < 4.78 is 14.2. The van der Waals surface area contributed by atoms with E-state index in [1.165, 1.54) is 6.07 Å². The Balaban J connectivity index is 0.00000324. The topological polar surface area (TPSA) is 55.1 Å². The number of benzene rings is 1. The first-order valence-corrected chi connectivity index (χ1v) is 7.13. The van der Waals surface area contributed by atoms with E-state index in [0.29, 0.717) is 10.1 Å². The van der Waals surface area contributed by atoms with Gasteiger partial charge in [-0.15, -0.1) is 12.4 Å². The lowest BCUT2D eigenvalue weighted by molar-refractivity contribution is 0.0930. The Labute approximate surface area is 133 Å². The number of nitrogens with one attached hydrogen (secondary N) is 1. The lowest BCUT2D eigenvalue weighted by Crippen LogP contribution is -2.40. The van der Waals surface area contributed by atoms with Crippen molar-refractivity contribution in [3.8, 4) is 0 Å².